The van der Waals surface area contributed by atoms with Crippen LogP contribution in [0.2, 0.25) is 0 Å². The third kappa shape index (κ3) is 2.92. The van der Waals surface area contributed by atoms with Gasteiger partial charge in [0, 0.05) is 17.7 Å². The molecule has 2 aromatic rings. The molecule has 0 radical (unpaired) electrons. The van der Waals surface area contributed by atoms with Crippen LogP contribution >= 0.6 is 0 Å². The van der Waals surface area contributed by atoms with Crippen molar-refractivity contribution >= 4 is 0 Å². The van der Waals surface area contributed by atoms with E-state index in [2.05, 4.69) is 0 Å². The van der Waals surface area contributed by atoms with Crippen LogP contribution in [0.1, 0.15) is 17.2 Å². The van der Waals surface area contributed by atoms with Gasteiger partial charge in [-0.3, -0.25) is 0 Å². The number of hydrogen-bond donors (Lipinski definition) is 1. The molecule has 112 valence electrons. The molecule has 0 aliphatic rings. The van der Waals surface area contributed by atoms with Crippen molar-refractivity contribution in [3.63, 3.8) is 0 Å². The Kier molecular flexibility index (Phi) is 4.65. The third-order valence-electron chi connectivity index (χ3n) is 3.30. The molecular formula is C16H18FNO3. The minimum Gasteiger partial charge on any atom is -0.496 e. The summed E-state index contributed by atoms with van der Waals surface area (Å²) < 4.78 is 29.8. The molecule has 5 heteroatoms. The quantitative estimate of drug-likeness (QED) is 0.920. The van der Waals surface area contributed by atoms with E-state index in [1.54, 1.807) is 37.4 Å². The number of ether oxygens (including phenoxy) is 3. The second-order valence-corrected chi connectivity index (χ2v) is 4.44. The number of rotatable bonds is 5. The molecule has 0 fully saturated rings. The lowest BCUT2D eigenvalue weighted by Gasteiger charge is -2.20. The summed E-state index contributed by atoms with van der Waals surface area (Å²) in [5.74, 6) is 1.18. The lowest BCUT2D eigenvalue weighted by molar-refractivity contribution is 0.366. The Hall–Kier alpha value is -2.27. The van der Waals surface area contributed by atoms with Crippen molar-refractivity contribution in [2.45, 2.75) is 6.04 Å². The van der Waals surface area contributed by atoms with E-state index in [0.29, 0.717) is 28.4 Å². The molecule has 21 heavy (non-hydrogen) atoms. The van der Waals surface area contributed by atoms with Gasteiger partial charge in [-0.1, -0.05) is 18.2 Å². The molecule has 0 aliphatic heterocycles. The van der Waals surface area contributed by atoms with Crippen molar-refractivity contribution in [3.05, 3.63) is 53.3 Å². The van der Waals surface area contributed by atoms with Crippen LogP contribution < -0.4 is 19.9 Å². The maximum Gasteiger partial charge on any atom is 0.131 e. The van der Waals surface area contributed by atoms with Crippen LogP contribution in [0.3, 0.4) is 0 Å². The molecule has 1 atom stereocenters. The minimum absolute atomic E-state index is 0.370. The Morgan fingerprint density at radius 3 is 2.00 bits per heavy atom. The van der Waals surface area contributed by atoms with E-state index >= 15 is 0 Å². The van der Waals surface area contributed by atoms with Crippen LogP contribution in [0.15, 0.2) is 36.4 Å². The molecular weight excluding hydrogens is 273 g/mol. The zero-order chi connectivity index (χ0) is 15.4. The van der Waals surface area contributed by atoms with Gasteiger partial charge in [0.2, 0.25) is 0 Å². The van der Waals surface area contributed by atoms with Gasteiger partial charge in [-0.15, -0.1) is 0 Å². The fraction of sp³-hybridized carbons (Fsp3) is 0.250. The molecule has 2 rings (SSSR count). The predicted molar refractivity (Wildman–Crippen MR) is 78.5 cm³/mol. The highest BCUT2D eigenvalue weighted by atomic mass is 19.1. The van der Waals surface area contributed by atoms with Gasteiger partial charge in [-0.05, 0) is 6.07 Å². The largest absolute Gasteiger partial charge is 0.496 e. The summed E-state index contributed by atoms with van der Waals surface area (Å²) in [7, 11) is 4.59. The van der Waals surface area contributed by atoms with Gasteiger partial charge in [0.05, 0.1) is 32.9 Å². The number of hydrogen-bond acceptors (Lipinski definition) is 4. The first-order valence-electron chi connectivity index (χ1n) is 6.42. The highest BCUT2D eigenvalue weighted by molar-refractivity contribution is 5.54. The molecule has 0 bridgehead atoms. The first kappa shape index (κ1) is 15.1. The monoisotopic (exact) mass is 291 g/mol. The molecule has 2 N–H and O–H groups in total. The van der Waals surface area contributed by atoms with Gasteiger partial charge < -0.3 is 19.9 Å². The number of benzene rings is 2. The topological polar surface area (TPSA) is 53.7 Å². The fourth-order valence-electron chi connectivity index (χ4n) is 2.22. The van der Waals surface area contributed by atoms with Gasteiger partial charge in [0.15, 0.2) is 0 Å². The second-order valence-electron chi connectivity index (χ2n) is 4.44. The van der Waals surface area contributed by atoms with Crippen LogP contribution in [-0.2, 0) is 0 Å². The van der Waals surface area contributed by atoms with E-state index in [-0.39, 0.29) is 5.82 Å². The van der Waals surface area contributed by atoms with Crippen LogP contribution in [0.4, 0.5) is 4.39 Å². The minimum atomic E-state index is -0.706. The SMILES string of the molecule is COc1cc(OC)c(C(N)c2ccccc2F)c(OC)c1. The zero-order valence-electron chi connectivity index (χ0n) is 12.2. The molecule has 0 heterocycles. The molecule has 0 amide bonds. The molecule has 0 saturated heterocycles. The van der Waals surface area contributed by atoms with Crippen molar-refractivity contribution in [2.24, 2.45) is 5.73 Å². The number of methoxy groups -OCH3 is 3. The van der Waals surface area contributed by atoms with Gasteiger partial charge in [-0.25, -0.2) is 4.39 Å². The van der Waals surface area contributed by atoms with E-state index in [0.717, 1.165) is 0 Å². The molecule has 4 nitrogen and oxygen atoms in total. The van der Waals surface area contributed by atoms with Crippen LogP contribution in [0.5, 0.6) is 17.2 Å². The molecule has 0 saturated carbocycles. The van der Waals surface area contributed by atoms with E-state index < -0.39 is 6.04 Å². The average Bonchev–Trinajstić information content (AvgIpc) is 2.53. The summed E-state index contributed by atoms with van der Waals surface area (Å²) in [6, 6.07) is 9.05. The van der Waals surface area contributed by atoms with E-state index in [4.69, 9.17) is 19.9 Å². The second kappa shape index (κ2) is 6.45. The zero-order valence-corrected chi connectivity index (χ0v) is 12.2. The summed E-state index contributed by atoms with van der Waals surface area (Å²) in [5, 5.41) is 0. The Balaban J connectivity index is 2.59. The maximum atomic E-state index is 14.0. The third-order valence-corrected chi connectivity index (χ3v) is 3.30. The molecule has 2 aromatic carbocycles. The summed E-state index contributed by atoms with van der Waals surface area (Å²) in [6.07, 6.45) is 0. The molecule has 1 unspecified atom stereocenters. The van der Waals surface area contributed by atoms with Crippen molar-refractivity contribution in [3.8, 4) is 17.2 Å². The molecule has 0 spiro atoms. The van der Waals surface area contributed by atoms with Crippen molar-refractivity contribution in [1.29, 1.82) is 0 Å². The highest BCUT2D eigenvalue weighted by Crippen LogP contribution is 2.40. The summed E-state index contributed by atoms with van der Waals surface area (Å²) in [6.45, 7) is 0. The van der Waals surface area contributed by atoms with E-state index in [9.17, 15) is 4.39 Å². The van der Waals surface area contributed by atoms with Crippen LogP contribution in [0.25, 0.3) is 0 Å². The standard InChI is InChI=1S/C16H18FNO3/c1-19-10-8-13(20-2)15(14(9-10)21-3)16(18)11-6-4-5-7-12(11)17/h4-9,16H,18H2,1-3H3. The predicted octanol–water partition coefficient (Wildman–Crippen LogP) is 2.90. The lowest BCUT2D eigenvalue weighted by atomic mass is 9.97. The molecule has 0 aliphatic carbocycles. The summed E-state index contributed by atoms with van der Waals surface area (Å²) in [4.78, 5) is 0. The maximum absolute atomic E-state index is 14.0. The first-order valence-corrected chi connectivity index (χ1v) is 6.42. The molecule has 0 aromatic heterocycles. The Bertz CT molecular complexity index is 606. The smallest absolute Gasteiger partial charge is 0.131 e. The first-order chi connectivity index (χ1) is 10.1. The van der Waals surface area contributed by atoms with Crippen molar-refractivity contribution in [2.75, 3.05) is 21.3 Å². The van der Waals surface area contributed by atoms with Gasteiger partial charge in [0.25, 0.3) is 0 Å². The Labute approximate surface area is 123 Å². The number of halogens is 1. The van der Waals surface area contributed by atoms with Crippen molar-refractivity contribution < 1.29 is 18.6 Å². The van der Waals surface area contributed by atoms with Crippen molar-refractivity contribution in [1.82, 2.24) is 0 Å². The van der Waals surface area contributed by atoms with Gasteiger partial charge in [-0.2, -0.15) is 0 Å². The van der Waals surface area contributed by atoms with Gasteiger partial charge >= 0.3 is 0 Å². The number of nitrogens with two attached hydrogens (primary N) is 1. The lowest BCUT2D eigenvalue weighted by Crippen LogP contribution is -2.16. The average molecular weight is 291 g/mol. The van der Waals surface area contributed by atoms with Crippen LogP contribution in [0, 0.1) is 5.82 Å². The van der Waals surface area contributed by atoms with E-state index in [1.807, 2.05) is 0 Å². The highest BCUT2D eigenvalue weighted by Gasteiger charge is 2.23. The summed E-state index contributed by atoms with van der Waals surface area (Å²) in [5.41, 5.74) is 7.17. The normalized spacial score (nSPS) is 11.9. The Morgan fingerprint density at radius 1 is 0.952 bits per heavy atom. The Morgan fingerprint density at radius 2 is 1.52 bits per heavy atom. The fourth-order valence-corrected chi connectivity index (χ4v) is 2.22. The van der Waals surface area contributed by atoms with E-state index in [1.165, 1.54) is 20.3 Å². The van der Waals surface area contributed by atoms with Gasteiger partial charge in [0.1, 0.15) is 23.1 Å². The summed E-state index contributed by atoms with van der Waals surface area (Å²) >= 11 is 0. The van der Waals surface area contributed by atoms with Crippen LogP contribution in [-0.4, -0.2) is 21.3 Å².